The summed E-state index contributed by atoms with van der Waals surface area (Å²) in [6.07, 6.45) is 3.45. The summed E-state index contributed by atoms with van der Waals surface area (Å²) in [6, 6.07) is -0.180. The smallest absolute Gasteiger partial charge is 0.308 e. The SMILES string of the molecule is CCC1CC(C)C(=O)/C=C\C=C\CC(C)OC(=O)CC(O)C(OC)C1OC1OC(C)CC(N(C)C)C1O. The summed E-state index contributed by atoms with van der Waals surface area (Å²) < 4.78 is 23.6. The lowest BCUT2D eigenvalue weighted by Crippen LogP contribution is -2.57. The van der Waals surface area contributed by atoms with Gasteiger partial charge in [0.2, 0.25) is 0 Å². The monoisotopic (exact) mass is 525 g/mol. The van der Waals surface area contributed by atoms with Crippen LogP contribution in [-0.2, 0) is 28.5 Å². The number of aliphatic hydroxyl groups is 2. The van der Waals surface area contributed by atoms with Gasteiger partial charge in [-0.05, 0) is 52.8 Å². The van der Waals surface area contributed by atoms with Crippen molar-refractivity contribution >= 4 is 11.8 Å². The third kappa shape index (κ3) is 9.26. The third-order valence-electron chi connectivity index (χ3n) is 7.36. The molecule has 0 aromatic rings. The van der Waals surface area contributed by atoms with Gasteiger partial charge >= 0.3 is 5.97 Å². The molecule has 9 nitrogen and oxygen atoms in total. The zero-order chi connectivity index (χ0) is 27.7. The number of cyclic esters (lactones) is 1. The molecule has 0 amide bonds. The van der Waals surface area contributed by atoms with E-state index in [0.717, 1.165) is 0 Å². The van der Waals surface area contributed by atoms with E-state index >= 15 is 0 Å². The number of ketones is 1. The highest BCUT2D eigenvalue weighted by atomic mass is 16.7. The van der Waals surface area contributed by atoms with Crippen LogP contribution in [0.2, 0.25) is 0 Å². The minimum absolute atomic E-state index is 0.0156. The van der Waals surface area contributed by atoms with E-state index in [1.54, 1.807) is 25.2 Å². The molecule has 212 valence electrons. The lowest BCUT2D eigenvalue weighted by molar-refractivity contribution is -0.290. The highest BCUT2D eigenvalue weighted by Crippen LogP contribution is 2.32. The van der Waals surface area contributed by atoms with Gasteiger partial charge in [-0.25, -0.2) is 0 Å². The van der Waals surface area contributed by atoms with Crippen molar-refractivity contribution in [1.82, 2.24) is 4.90 Å². The second kappa shape index (κ2) is 15.1. The molecule has 10 unspecified atom stereocenters. The van der Waals surface area contributed by atoms with Gasteiger partial charge in [-0.15, -0.1) is 0 Å². The first-order valence-electron chi connectivity index (χ1n) is 13.4. The second-order valence-corrected chi connectivity index (χ2v) is 10.7. The first-order chi connectivity index (χ1) is 17.5. The Morgan fingerprint density at radius 1 is 1.05 bits per heavy atom. The fourth-order valence-electron chi connectivity index (χ4n) is 5.15. The molecule has 10 atom stereocenters. The van der Waals surface area contributed by atoms with Gasteiger partial charge in [0.1, 0.15) is 18.3 Å². The molecule has 37 heavy (non-hydrogen) atoms. The number of ether oxygens (including phenoxy) is 4. The number of nitrogens with zero attached hydrogens (tertiary/aromatic N) is 1. The Bertz CT molecular complexity index is 784. The van der Waals surface area contributed by atoms with Crippen LogP contribution in [0.25, 0.3) is 0 Å². The third-order valence-corrected chi connectivity index (χ3v) is 7.36. The van der Waals surface area contributed by atoms with Gasteiger partial charge in [-0.2, -0.15) is 0 Å². The van der Waals surface area contributed by atoms with E-state index in [-0.39, 0.29) is 36.2 Å². The van der Waals surface area contributed by atoms with Gasteiger partial charge in [-0.3, -0.25) is 9.59 Å². The lowest BCUT2D eigenvalue weighted by atomic mass is 9.83. The fraction of sp³-hybridized carbons (Fsp3) is 0.786. The molecule has 1 saturated heterocycles. The maximum absolute atomic E-state index is 12.8. The van der Waals surface area contributed by atoms with Gasteiger partial charge in [-0.1, -0.05) is 38.5 Å². The zero-order valence-corrected chi connectivity index (χ0v) is 23.4. The van der Waals surface area contributed by atoms with Crippen molar-refractivity contribution in [3.8, 4) is 0 Å². The van der Waals surface area contributed by atoms with E-state index in [4.69, 9.17) is 18.9 Å². The first kappa shape index (κ1) is 31.6. The average Bonchev–Trinajstić information content (AvgIpc) is 2.82. The molecule has 2 aliphatic rings. The quantitative estimate of drug-likeness (QED) is 0.523. The Hall–Kier alpha value is -1.62. The topological polar surface area (TPSA) is 115 Å². The molecule has 0 bridgehead atoms. The summed E-state index contributed by atoms with van der Waals surface area (Å²) >= 11 is 0. The van der Waals surface area contributed by atoms with Crippen LogP contribution in [0.1, 0.15) is 59.8 Å². The van der Waals surface area contributed by atoms with Crippen LogP contribution in [0.15, 0.2) is 24.3 Å². The van der Waals surface area contributed by atoms with Crippen molar-refractivity contribution in [2.45, 2.75) is 109 Å². The molecule has 0 aromatic heterocycles. The molecule has 0 saturated carbocycles. The number of rotatable bonds is 5. The molecule has 9 heteroatoms. The predicted molar refractivity (Wildman–Crippen MR) is 140 cm³/mol. The molecule has 0 radical (unpaired) electrons. The molecule has 0 aromatic carbocycles. The molecule has 0 spiro atoms. The van der Waals surface area contributed by atoms with Crippen LogP contribution in [-0.4, -0.2) is 97.0 Å². The number of hydrogen-bond acceptors (Lipinski definition) is 9. The van der Waals surface area contributed by atoms with Crippen molar-refractivity contribution < 1.29 is 38.7 Å². The molecule has 0 aliphatic carbocycles. The number of carbonyl (C=O) groups is 2. The number of aliphatic hydroxyl groups excluding tert-OH is 2. The largest absolute Gasteiger partial charge is 0.462 e. The zero-order valence-electron chi connectivity index (χ0n) is 23.4. The number of likely N-dealkylation sites (N-methyl/N-ethyl adjacent to an activating group) is 1. The average molecular weight is 526 g/mol. The Morgan fingerprint density at radius 3 is 2.38 bits per heavy atom. The van der Waals surface area contributed by atoms with Crippen LogP contribution >= 0.6 is 0 Å². The van der Waals surface area contributed by atoms with Crippen LogP contribution in [0, 0.1) is 11.8 Å². The Labute approximate surface area is 221 Å². The first-order valence-corrected chi connectivity index (χ1v) is 13.4. The van der Waals surface area contributed by atoms with Crippen molar-refractivity contribution in [3.63, 3.8) is 0 Å². The summed E-state index contributed by atoms with van der Waals surface area (Å²) in [5, 5.41) is 22.2. The van der Waals surface area contributed by atoms with E-state index in [1.165, 1.54) is 7.11 Å². The van der Waals surface area contributed by atoms with Gasteiger partial charge in [0.25, 0.3) is 0 Å². The molecule has 2 aliphatic heterocycles. The van der Waals surface area contributed by atoms with Crippen LogP contribution in [0.4, 0.5) is 0 Å². The highest BCUT2D eigenvalue weighted by molar-refractivity contribution is 5.91. The number of carbonyl (C=O) groups excluding carboxylic acids is 2. The Kier molecular flexibility index (Phi) is 12.9. The predicted octanol–water partition coefficient (Wildman–Crippen LogP) is 2.63. The van der Waals surface area contributed by atoms with E-state index in [1.807, 2.05) is 45.8 Å². The molecule has 2 N–H and O–H groups in total. The van der Waals surface area contributed by atoms with E-state index in [9.17, 15) is 19.8 Å². The van der Waals surface area contributed by atoms with E-state index in [2.05, 4.69) is 0 Å². The molecule has 1 fully saturated rings. The lowest BCUT2D eigenvalue weighted by Gasteiger charge is -2.44. The molecular weight excluding hydrogens is 478 g/mol. The standard InChI is InChI=1S/C28H47NO8/c1-8-20-14-17(2)22(30)13-11-9-10-12-18(3)35-24(32)16-23(31)27(34-7)26(20)37-28-25(33)21(29(5)6)15-19(4)36-28/h9-11,13,17-21,23,25-28,31,33H,8,12,14-16H2,1-7H3/b10-9+,13-11-. The minimum Gasteiger partial charge on any atom is -0.462 e. The summed E-state index contributed by atoms with van der Waals surface area (Å²) in [6.45, 7) is 7.54. The highest BCUT2D eigenvalue weighted by Gasteiger charge is 2.44. The number of hydrogen-bond donors (Lipinski definition) is 2. The molecule has 2 rings (SSSR count). The number of allylic oxidation sites excluding steroid dienone is 3. The number of methoxy groups -OCH3 is 1. The summed E-state index contributed by atoms with van der Waals surface area (Å²) in [4.78, 5) is 27.3. The Morgan fingerprint density at radius 2 is 1.76 bits per heavy atom. The minimum atomic E-state index is -1.22. The molecule has 2 heterocycles. The maximum Gasteiger partial charge on any atom is 0.308 e. The Balaban J connectivity index is 2.42. The van der Waals surface area contributed by atoms with Crippen molar-refractivity contribution in [3.05, 3.63) is 24.3 Å². The summed E-state index contributed by atoms with van der Waals surface area (Å²) in [7, 11) is 5.25. The summed E-state index contributed by atoms with van der Waals surface area (Å²) in [5.41, 5.74) is 0. The van der Waals surface area contributed by atoms with Gasteiger partial charge in [0.05, 0.1) is 24.7 Å². The maximum atomic E-state index is 12.8. The summed E-state index contributed by atoms with van der Waals surface area (Å²) in [5.74, 6) is -1.09. The molecular formula is C28H47NO8. The van der Waals surface area contributed by atoms with Gasteiger partial charge < -0.3 is 34.1 Å². The van der Waals surface area contributed by atoms with Crippen LogP contribution in [0.5, 0.6) is 0 Å². The van der Waals surface area contributed by atoms with E-state index in [0.29, 0.717) is 25.7 Å². The van der Waals surface area contributed by atoms with Crippen LogP contribution < -0.4 is 0 Å². The second-order valence-electron chi connectivity index (χ2n) is 10.7. The van der Waals surface area contributed by atoms with Crippen molar-refractivity contribution in [2.24, 2.45) is 11.8 Å². The van der Waals surface area contributed by atoms with Crippen LogP contribution in [0.3, 0.4) is 0 Å². The van der Waals surface area contributed by atoms with Gasteiger partial charge in [0, 0.05) is 25.5 Å². The van der Waals surface area contributed by atoms with Crippen molar-refractivity contribution in [1.29, 1.82) is 0 Å². The van der Waals surface area contributed by atoms with Crippen molar-refractivity contribution in [2.75, 3.05) is 21.2 Å². The number of esters is 1. The van der Waals surface area contributed by atoms with E-state index < -0.39 is 42.8 Å². The fourth-order valence-corrected chi connectivity index (χ4v) is 5.15. The van der Waals surface area contributed by atoms with Gasteiger partial charge in [0.15, 0.2) is 12.1 Å². The normalized spacial score (nSPS) is 40.8.